The summed E-state index contributed by atoms with van der Waals surface area (Å²) in [6.45, 7) is 0. The van der Waals surface area contributed by atoms with Crippen molar-refractivity contribution in [2.45, 2.75) is 12.2 Å². The maximum atomic E-state index is 11.8. The molecule has 0 saturated heterocycles. The molecule has 1 aromatic heterocycles. The molecule has 0 spiro atoms. The second kappa shape index (κ2) is 5.90. The molecule has 0 amide bonds. The Labute approximate surface area is 119 Å². The normalized spacial score (nSPS) is 13.7. The van der Waals surface area contributed by atoms with E-state index >= 15 is 0 Å². The van der Waals surface area contributed by atoms with Crippen LogP contribution in [-0.2, 0) is 14.3 Å². The van der Waals surface area contributed by atoms with Crippen molar-refractivity contribution < 1.29 is 29.3 Å². The summed E-state index contributed by atoms with van der Waals surface area (Å²) in [5, 5.41) is 26.7. The van der Waals surface area contributed by atoms with Gasteiger partial charge in [0.2, 0.25) is 0 Å². The molecule has 21 heavy (non-hydrogen) atoms. The van der Waals surface area contributed by atoms with Gasteiger partial charge >= 0.3 is 11.9 Å². The Kier molecular flexibility index (Phi) is 4.20. The summed E-state index contributed by atoms with van der Waals surface area (Å²) in [6, 6.07) is 2.81. The molecule has 1 heterocycles. The van der Waals surface area contributed by atoms with Crippen molar-refractivity contribution in [3.63, 3.8) is 0 Å². The number of carbonyl (C=O) groups excluding carboxylic acids is 2. The predicted molar refractivity (Wildman–Crippen MR) is 70.4 cm³/mol. The Balaban J connectivity index is 2.49. The molecule has 0 aliphatic carbocycles. The number of carbonyl (C=O) groups is 2. The Morgan fingerprint density at radius 3 is 2.57 bits per heavy atom. The molecule has 8 heteroatoms. The number of ether oxygens (including phenoxy) is 2. The number of esters is 2. The van der Waals surface area contributed by atoms with Gasteiger partial charge in [-0.15, -0.1) is 0 Å². The standard InChI is InChI=1S/C13H14N2O6/c1-20-12(18)7-3-6(4-9-8(7)5-14-15-9)10(16)11(17)13(19)21-2/h3-5,10-11,16-17H,1-2H3,(H,14,15). The minimum Gasteiger partial charge on any atom is -0.467 e. The summed E-state index contributed by atoms with van der Waals surface area (Å²) in [5.41, 5.74) is 0.781. The van der Waals surface area contributed by atoms with Gasteiger partial charge in [-0.3, -0.25) is 5.10 Å². The highest BCUT2D eigenvalue weighted by molar-refractivity contribution is 6.03. The van der Waals surface area contributed by atoms with Crippen LogP contribution in [0.4, 0.5) is 0 Å². The molecule has 0 radical (unpaired) electrons. The zero-order chi connectivity index (χ0) is 15.6. The average Bonchev–Trinajstić information content (AvgIpc) is 2.99. The first-order chi connectivity index (χ1) is 9.99. The van der Waals surface area contributed by atoms with Crippen LogP contribution in [0.1, 0.15) is 22.0 Å². The third-order valence-corrected chi connectivity index (χ3v) is 3.07. The number of hydrogen-bond donors (Lipinski definition) is 3. The number of aliphatic hydroxyl groups is 2. The summed E-state index contributed by atoms with van der Waals surface area (Å²) in [4.78, 5) is 23.0. The molecule has 0 aliphatic rings. The van der Waals surface area contributed by atoms with Gasteiger partial charge in [-0.25, -0.2) is 9.59 Å². The number of benzene rings is 1. The minimum absolute atomic E-state index is 0.157. The van der Waals surface area contributed by atoms with Crippen molar-refractivity contribution in [3.8, 4) is 0 Å². The van der Waals surface area contributed by atoms with Gasteiger partial charge in [0.15, 0.2) is 6.10 Å². The van der Waals surface area contributed by atoms with Crippen LogP contribution in [0.25, 0.3) is 10.9 Å². The van der Waals surface area contributed by atoms with E-state index in [0.717, 1.165) is 7.11 Å². The number of H-pyrrole nitrogens is 1. The van der Waals surface area contributed by atoms with E-state index in [-0.39, 0.29) is 11.1 Å². The Morgan fingerprint density at radius 2 is 1.95 bits per heavy atom. The van der Waals surface area contributed by atoms with E-state index < -0.39 is 24.1 Å². The lowest BCUT2D eigenvalue weighted by molar-refractivity contribution is -0.156. The van der Waals surface area contributed by atoms with Crippen molar-refractivity contribution >= 4 is 22.8 Å². The van der Waals surface area contributed by atoms with Gasteiger partial charge in [-0.2, -0.15) is 5.10 Å². The Bertz CT molecular complexity index is 680. The summed E-state index contributed by atoms with van der Waals surface area (Å²) in [5.74, 6) is -1.60. The highest BCUT2D eigenvalue weighted by Gasteiger charge is 2.28. The third-order valence-electron chi connectivity index (χ3n) is 3.07. The molecule has 1 aromatic carbocycles. The summed E-state index contributed by atoms with van der Waals surface area (Å²) in [7, 11) is 2.32. The number of nitrogens with zero attached hydrogens (tertiary/aromatic N) is 1. The van der Waals surface area contributed by atoms with Crippen molar-refractivity contribution in [2.24, 2.45) is 0 Å². The first-order valence-electron chi connectivity index (χ1n) is 5.99. The zero-order valence-electron chi connectivity index (χ0n) is 11.4. The molecular formula is C13H14N2O6. The van der Waals surface area contributed by atoms with Crippen LogP contribution in [0.2, 0.25) is 0 Å². The van der Waals surface area contributed by atoms with Crippen LogP contribution >= 0.6 is 0 Å². The van der Waals surface area contributed by atoms with Crippen LogP contribution in [0, 0.1) is 0 Å². The largest absolute Gasteiger partial charge is 0.467 e. The molecule has 3 N–H and O–H groups in total. The molecule has 2 rings (SSSR count). The van der Waals surface area contributed by atoms with E-state index in [1.54, 1.807) is 0 Å². The van der Waals surface area contributed by atoms with E-state index in [4.69, 9.17) is 0 Å². The molecule has 8 nitrogen and oxygen atoms in total. The number of methoxy groups -OCH3 is 2. The highest BCUT2D eigenvalue weighted by atomic mass is 16.5. The molecule has 0 saturated carbocycles. The van der Waals surface area contributed by atoms with Gasteiger partial charge in [0, 0.05) is 5.39 Å². The second-order valence-corrected chi connectivity index (χ2v) is 4.30. The number of hydrogen-bond acceptors (Lipinski definition) is 7. The van der Waals surface area contributed by atoms with E-state index in [2.05, 4.69) is 19.7 Å². The fourth-order valence-electron chi connectivity index (χ4n) is 1.96. The molecular weight excluding hydrogens is 280 g/mol. The number of rotatable bonds is 4. The maximum absolute atomic E-state index is 11.8. The first-order valence-corrected chi connectivity index (χ1v) is 5.99. The molecule has 2 atom stereocenters. The minimum atomic E-state index is -1.76. The topological polar surface area (TPSA) is 122 Å². The van der Waals surface area contributed by atoms with Gasteiger partial charge in [-0.05, 0) is 17.7 Å². The van der Waals surface area contributed by atoms with Crippen LogP contribution < -0.4 is 0 Å². The summed E-state index contributed by atoms with van der Waals surface area (Å²) >= 11 is 0. The molecule has 0 aliphatic heterocycles. The lowest BCUT2D eigenvalue weighted by Gasteiger charge is -2.16. The van der Waals surface area contributed by atoms with E-state index in [1.165, 1.54) is 25.4 Å². The zero-order valence-corrected chi connectivity index (χ0v) is 11.4. The monoisotopic (exact) mass is 294 g/mol. The van der Waals surface area contributed by atoms with Crippen molar-refractivity contribution in [1.82, 2.24) is 10.2 Å². The molecule has 0 bridgehead atoms. The number of nitrogens with one attached hydrogen (secondary N) is 1. The number of aromatic amines is 1. The SMILES string of the molecule is COC(=O)c1cc(C(O)C(O)C(=O)OC)cc2[nH]ncc12. The second-order valence-electron chi connectivity index (χ2n) is 4.30. The molecule has 2 aromatic rings. The van der Waals surface area contributed by atoms with E-state index in [1.807, 2.05) is 0 Å². The maximum Gasteiger partial charge on any atom is 0.338 e. The molecule has 0 fully saturated rings. The highest BCUT2D eigenvalue weighted by Crippen LogP contribution is 2.26. The predicted octanol–water partition coefficient (Wildman–Crippen LogP) is -0.0832. The van der Waals surface area contributed by atoms with Crippen molar-refractivity contribution in [2.75, 3.05) is 14.2 Å². The molecule has 2 unspecified atom stereocenters. The smallest absolute Gasteiger partial charge is 0.338 e. The quantitative estimate of drug-likeness (QED) is 0.674. The van der Waals surface area contributed by atoms with Gasteiger partial charge in [0.05, 0.1) is 31.5 Å². The van der Waals surface area contributed by atoms with Crippen LogP contribution in [-0.4, -0.2) is 52.7 Å². The van der Waals surface area contributed by atoms with Crippen LogP contribution in [0.3, 0.4) is 0 Å². The van der Waals surface area contributed by atoms with Gasteiger partial charge in [0.25, 0.3) is 0 Å². The summed E-state index contributed by atoms with van der Waals surface area (Å²) in [6.07, 6.45) is -1.87. The van der Waals surface area contributed by atoms with E-state index in [0.29, 0.717) is 10.9 Å². The van der Waals surface area contributed by atoms with Gasteiger partial charge < -0.3 is 19.7 Å². The Hall–Kier alpha value is -2.45. The van der Waals surface area contributed by atoms with Gasteiger partial charge in [-0.1, -0.05) is 0 Å². The Morgan fingerprint density at radius 1 is 1.24 bits per heavy atom. The fourth-order valence-corrected chi connectivity index (χ4v) is 1.96. The average molecular weight is 294 g/mol. The molecule has 112 valence electrons. The number of fused-ring (bicyclic) bond motifs is 1. The first kappa shape index (κ1) is 14.9. The van der Waals surface area contributed by atoms with E-state index in [9.17, 15) is 19.8 Å². The summed E-state index contributed by atoms with van der Waals surface area (Å²) < 4.78 is 9.03. The fraction of sp³-hybridized carbons (Fsp3) is 0.308. The van der Waals surface area contributed by atoms with Crippen molar-refractivity contribution in [1.29, 1.82) is 0 Å². The number of aromatic nitrogens is 2. The third kappa shape index (κ3) is 2.71. The number of aliphatic hydroxyl groups excluding tert-OH is 2. The van der Waals surface area contributed by atoms with Gasteiger partial charge in [0.1, 0.15) is 6.10 Å². The lowest BCUT2D eigenvalue weighted by atomic mass is 9.99. The van der Waals surface area contributed by atoms with Crippen molar-refractivity contribution in [3.05, 3.63) is 29.5 Å². The lowest BCUT2D eigenvalue weighted by Crippen LogP contribution is -2.29. The van der Waals surface area contributed by atoms with Crippen LogP contribution in [0.15, 0.2) is 18.3 Å². The van der Waals surface area contributed by atoms with Crippen LogP contribution in [0.5, 0.6) is 0 Å².